The topological polar surface area (TPSA) is 38.3 Å². The summed E-state index contributed by atoms with van der Waals surface area (Å²) < 4.78 is 18.7. The van der Waals surface area contributed by atoms with Crippen LogP contribution in [0.4, 0.5) is 5.69 Å². The number of nitrogens with one attached hydrogen (secondary N) is 1. The van der Waals surface area contributed by atoms with Crippen molar-refractivity contribution in [3.05, 3.63) is 59.1 Å². The van der Waals surface area contributed by atoms with E-state index in [2.05, 4.69) is 21.0 Å². The molecule has 0 radical (unpaired) electrons. The van der Waals surface area contributed by atoms with Crippen LogP contribution in [-0.4, -0.2) is 6.66 Å². The molecule has 94 valence electrons. The van der Waals surface area contributed by atoms with Gasteiger partial charge in [-0.2, -0.15) is 0 Å². The Labute approximate surface area is 115 Å². The van der Waals surface area contributed by atoms with Crippen LogP contribution in [0, 0.1) is 0 Å². The van der Waals surface area contributed by atoms with E-state index in [1.807, 2.05) is 42.5 Å². The maximum atomic E-state index is 12.4. The van der Waals surface area contributed by atoms with E-state index in [0.717, 1.165) is 10.2 Å². The van der Waals surface area contributed by atoms with E-state index in [1.165, 1.54) is 0 Å². The Hall–Kier alpha value is -1.25. The van der Waals surface area contributed by atoms with E-state index in [1.54, 1.807) is 18.8 Å². The van der Waals surface area contributed by atoms with Gasteiger partial charge < -0.3 is 9.61 Å². The van der Waals surface area contributed by atoms with Gasteiger partial charge in [-0.15, -0.1) is 0 Å². The van der Waals surface area contributed by atoms with Gasteiger partial charge in [0, 0.05) is 11.1 Å². The van der Waals surface area contributed by atoms with Gasteiger partial charge in [0.25, 0.3) is 0 Å². The smallest absolute Gasteiger partial charge is 0.338 e. The second-order valence-electron chi connectivity index (χ2n) is 3.84. The van der Waals surface area contributed by atoms with Crippen molar-refractivity contribution in [1.29, 1.82) is 0 Å². The Bertz CT molecular complexity index is 574. The van der Waals surface area contributed by atoms with Gasteiger partial charge >= 0.3 is 7.52 Å². The SMILES string of the molecule is C[P@@](=O)(Nc1ccccc1Br)Oc1ccccc1. The molecule has 0 aliphatic heterocycles. The van der Waals surface area contributed by atoms with E-state index >= 15 is 0 Å². The number of hydrogen-bond donors (Lipinski definition) is 1. The molecule has 0 spiro atoms. The maximum Gasteiger partial charge on any atom is 0.338 e. The van der Waals surface area contributed by atoms with E-state index in [4.69, 9.17) is 4.52 Å². The number of rotatable bonds is 4. The highest BCUT2D eigenvalue weighted by atomic mass is 79.9. The molecule has 18 heavy (non-hydrogen) atoms. The molecule has 2 aromatic rings. The minimum atomic E-state index is -2.94. The molecule has 2 rings (SSSR count). The zero-order chi connectivity index (χ0) is 13.0. The van der Waals surface area contributed by atoms with Gasteiger partial charge in [-0.3, -0.25) is 4.57 Å². The molecule has 2 aromatic carbocycles. The third kappa shape index (κ3) is 3.62. The molecule has 0 unspecified atom stereocenters. The Balaban J connectivity index is 2.13. The van der Waals surface area contributed by atoms with Crippen molar-refractivity contribution < 1.29 is 9.09 Å². The molecular weight excluding hydrogens is 313 g/mol. The van der Waals surface area contributed by atoms with Crippen molar-refractivity contribution in [2.24, 2.45) is 0 Å². The molecule has 3 nitrogen and oxygen atoms in total. The van der Waals surface area contributed by atoms with Crippen molar-refractivity contribution >= 4 is 29.1 Å². The van der Waals surface area contributed by atoms with Crippen LogP contribution >= 0.6 is 23.4 Å². The van der Waals surface area contributed by atoms with E-state index < -0.39 is 7.52 Å². The molecule has 0 heterocycles. The van der Waals surface area contributed by atoms with E-state index in [9.17, 15) is 4.57 Å². The molecule has 0 aliphatic carbocycles. The first-order valence-electron chi connectivity index (χ1n) is 5.42. The van der Waals surface area contributed by atoms with Gasteiger partial charge in [0.2, 0.25) is 0 Å². The van der Waals surface area contributed by atoms with Crippen LogP contribution < -0.4 is 9.61 Å². The fourth-order valence-electron chi connectivity index (χ4n) is 1.48. The number of benzene rings is 2. The highest BCUT2D eigenvalue weighted by Gasteiger charge is 2.18. The van der Waals surface area contributed by atoms with Crippen LogP contribution in [0.5, 0.6) is 5.75 Å². The van der Waals surface area contributed by atoms with Crippen molar-refractivity contribution in [3.63, 3.8) is 0 Å². The Morgan fingerprint density at radius 2 is 1.67 bits per heavy atom. The van der Waals surface area contributed by atoms with Crippen LogP contribution in [0.1, 0.15) is 0 Å². The lowest BCUT2D eigenvalue weighted by Crippen LogP contribution is -2.02. The Morgan fingerprint density at radius 1 is 1.06 bits per heavy atom. The first-order chi connectivity index (χ1) is 8.57. The number of halogens is 1. The lowest BCUT2D eigenvalue weighted by Gasteiger charge is -2.18. The molecule has 0 saturated heterocycles. The van der Waals surface area contributed by atoms with Gasteiger partial charge in [0.05, 0.1) is 5.69 Å². The summed E-state index contributed by atoms with van der Waals surface area (Å²) in [6.07, 6.45) is 0. The van der Waals surface area contributed by atoms with Gasteiger partial charge in [-0.1, -0.05) is 30.3 Å². The monoisotopic (exact) mass is 325 g/mol. The minimum Gasteiger partial charge on any atom is -0.429 e. The molecule has 5 heteroatoms. The molecule has 1 N–H and O–H groups in total. The highest BCUT2D eigenvalue weighted by molar-refractivity contribution is 9.10. The van der Waals surface area contributed by atoms with Gasteiger partial charge in [0.1, 0.15) is 5.75 Å². The first kappa shape index (κ1) is 13.2. The normalized spacial score (nSPS) is 13.7. The van der Waals surface area contributed by atoms with Crippen LogP contribution in [0.2, 0.25) is 0 Å². The molecule has 0 saturated carbocycles. The summed E-state index contributed by atoms with van der Waals surface area (Å²) in [6.45, 7) is 1.56. The predicted molar refractivity (Wildman–Crippen MR) is 78.4 cm³/mol. The van der Waals surface area contributed by atoms with Crippen LogP contribution in [0.25, 0.3) is 0 Å². The molecule has 0 fully saturated rings. The Kier molecular flexibility index (Phi) is 4.10. The van der Waals surface area contributed by atoms with Crippen LogP contribution in [-0.2, 0) is 4.57 Å². The van der Waals surface area contributed by atoms with Crippen molar-refractivity contribution in [2.75, 3.05) is 11.8 Å². The standard InChI is InChI=1S/C13H13BrNO2P/c1-18(16,17-11-7-3-2-4-8-11)15-13-10-6-5-9-12(13)14/h2-10H,1H3,(H,15,16)/t18-/m0/s1. The molecule has 0 aliphatic rings. The summed E-state index contributed by atoms with van der Waals surface area (Å²) in [6, 6.07) is 16.6. The van der Waals surface area contributed by atoms with Gasteiger partial charge in [-0.05, 0) is 40.2 Å². The summed E-state index contributed by atoms with van der Waals surface area (Å²) in [5.74, 6) is 0.586. The summed E-state index contributed by atoms with van der Waals surface area (Å²) in [5.41, 5.74) is 0.749. The van der Waals surface area contributed by atoms with E-state index in [0.29, 0.717) is 5.75 Å². The van der Waals surface area contributed by atoms with Crippen LogP contribution in [0.3, 0.4) is 0 Å². The van der Waals surface area contributed by atoms with Gasteiger partial charge in [0.15, 0.2) is 0 Å². The Morgan fingerprint density at radius 3 is 2.33 bits per heavy atom. The number of para-hydroxylation sites is 2. The second kappa shape index (κ2) is 5.59. The van der Waals surface area contributed by atoms with Crippen molar-refractivity contribution in [3.8, 4) is 5.75 Å². The molecule has 0 amide bonds. The fourth-order valence-corrected chi connectivity index (χ4v) is 3.22. The summed E-state index contributed by atoms with van der Waals surface area (Å²) in [4.78, 5) is 0. The summed E-state index contributed by atoms with van der Waals surface area (Å²) in [5, 5.41) is 2.92. The predicted octanol–water partition coefficient (Wildman–Crippen LogP) is 4.76. The summed E-state index contributed by atoms with van der Waals surface area (Å²) >= 11 is 3.40. The summed E-state index contributed by atoms with van der Waals surface area (Å²) in [7, 11) is -2.94. The molecule has 0 aromatic heterocycles. The quantitative estimate of drug-likeness (QED) is 0.823. The zero-order valence-electron chi connectivity index (χ0n) is 9.84. The minimum absolute atomic E-state index is 0.586. The van der Waals surface area contributed by atoms with Gasteiger partial charge in [-0.25, -0.2) is 0 Å². The maximum absolute atomic E-state index is 12.4. The molecule has 0 bridgehead atoms. The average molecular weight is 326 g/mol. The fraction of sp³-hybridized carbons (Fsp3) is 0.0769. The van der Waals surface area contributed by atoms with Crippen molar-refractivity contribution in [2.45, 2.75) is 0 Å². The average Bonchev–Trinajstić information content (AvgIpc) is 2.32. The lowest BCUT2D eigenvalue weighted by molar-refractivity contribution is 0.493. The molecule has 1 atom stereocenters. The third-order valence-corrected chi connectivity index (χ3v) is 4.12. The zero-order valence-corrected chi connectivity index (χ0v) is 12.3. The number of hydrogen-bond acceptors (Lipinski definition) is 2. The molecular formula is C13H13BrNO2P. The van der Waals surface area contributed by atoms with Crippen molar-refractivity contribution in [1.82, 2.24) is 0 Å². The van der Waals surface area contributed by atoms with Crippen LogP contribution in [0.15, 0.2) is 59.1 Å². The lowest BCUT2D eigenvalue weighted by atomic mass is 10.3. The second-order valence-corrected chi connectivity index (χ2v) is 6.79. The van der Waals surface area contributed by atoms with E-state index in [-0.39, 0.29) is 0 Å². The third-order valence-electron chi connectivity index (χ3n) is 2.22. The number of anilines is 1. The first-order valence-corrected chi connectivity index (χ1v) is 8.28. The highest BCUT2D eigenvalue weighted by Crippen LogP contribution is 2.44. The largest absolute Gasteiger partial charge is 0.429 e.